The zero-order valence-corrected chi connectivity index (χ0v) is 13.0. The number of hydrogen-bond donors (Lipinski definition) is 1. The topological polar surface area (TPSA) is 37.8 Å². The molecule has 1 N–H and O–H groups in total. The SMILES string of the molecule is CC(C)c1nc(Br)cc(NC2(C)CCCCC2)n1. The van der Waals surface area contributed by atoms with Gasteiger partial charge in [0, 0.05) is 17.5 Å². The van der Waals surface area contributed by atoms with Crippen molar-refractivity contribution in [2.45, 2.75) is 64.3 Å². The molecule has 1 aliphatic rings. The highest BCUT2D eigenvalue weighted by molar-refractivity contribution is 9.10. The van der Waals surface area contributed by atoms with E-state index >= 15 is 0 Å². The van der Waals surface area contributed by atoms with Gasteiger partial charge in [0.05, 0.1) is 0 Å². The van der Waals surface area contributed by atoms with Gasteiger partial charge in [-0.25, -0.2) is 9.97 Å². The summed E-state index contributed by atoms with van der Waals surface area (Å²) in [4.78, 5) is 9.03. The van der Waals surface area contributed by atoms with Crippen molar-refractivity contribution in [3.63, 3.8) is 0 Å². The first-order valence-corrected chi connectivity index (χ1v) is 7.60. The average Bonchev–Trinajstić information content (AvgIpc) is 2.28. The molecule has 0 aliphatic heterocycles. The van der Waals surface area contributed by atoms with Crippen molar-refractivity contribution in [3.05, 3.63) is 16.5 Å². The molecule has 0 radical (unpaired) electrons. The Morgan fingerprint density at radius 3 is 2.50 bits per heavy atom. The van der Waals surface area contributed by atoms with E-state index in [9.17, 15) is 0 Å². The summed E-state index contributed by atoms with van der Waals surface area (Å²) in [6, 6.07) is 1.98. The van der Waals surface area contributed by atoms with Crippen LogP contribution in [0.15, 0.2) is 10.7 Å². The third-order valence-corrected chi connectivity index (χ3v) is 4.02. The lowest BCUT2D eigenvalue weighted by Crippen LogP contribution is -2.37. The molecule has 3 nitrogen and oxygen atoms in total. The van der Waals surface area contributed by atoms with Gasteiger partial charge in [0.15, 0.2) is 0 Å². The van der Waals surface area contributed by atoms with Crippen molar-refractivity contribution in [1.29, 1.82) is 0 Å². The van der Waals surface area contributed by atoms with E-state index in [4.69, 9.17) is 0 Å². The van der Waals surface area contributed by atoms with Crippen molar-refractivity contribution < 1.29 is 0 Å². The fourth-order valence-electron chi connectivity index (χ4n) is 2.52. The predicted octanol–water partition coefficient (Wildman–Crippen LogP) is 4.50. The smallest absolute Gasteiger partial charge is 0.134 e. The van der Waals surface area contributed by atoms with E-state index in [1.54, 1.807) is 0 Å². The number of halogens is 1. The molecular formula is C14H22BrN3. The second-order valence-corrected chi connectivity index (χ2v) is 6.65. The summed E-state index contributed by atoms with van der Waals surface area (Å²) in [5.41, 5.74) is 0.195. The number of nitrogens with one attached hydrogen (secondary N) is 1. The van der Waals surface area contributed by atoms with Crippen LogP contribution in [0.2, 0.25) is 0 Å². The van der Waals surface area contributed by atoms with Crippen LogP contribution in [0, 0.1) is 0 Å². The van der Waals surface area contributed by atoms with Crippen LogP contribution in [0.3, 0.4) is 0 Å². The van der Waals surface area contributed by atoms with Gasteiger partial charge in [0.25, 0.3) is 0 Å². The van der Waals surface area contributed by atoms with E-state index in [2.05, 4.69) is 52.0 Å². The molecule has 1 saturated carbocycles. The Morgan fingerprint density at radius 2 is 1.89 bits per heavy atom. The van der Waals surface area contributed by atoms with Crippen LogP contribution in [0.1, 0.15) is 64.6 Å². The van der Waals surface area contributed by atoms with Crippen molar-refractivity contribution in [1.82, 2.24) is 9.97 Å². The highest BCUT2D eigenvalue weighted by Gasteiger charge is 2.27. The van der Waals surface area contributed by atoms with Gasteiger partial charge in [0.2, 0.25) is 0 Å². The van der Waals surface area contributed by atoms with E-state index in [0.717, 1.165) is 16.2 Å². The number of hydrogen-bond acceptors (Lipinski definition) is 3. The molecule has 0 amide bonds. The highest BCUT2D eigenvalue weighted by Crippen LogP contribution is 2.31. The van der Waals surface area contributed by atoms with Crippen LogP contribution in [0.25, 0.3) is 0 Å². The van der Waals surface area contributed by atoms with Gasteiger partial charge in [-0.2, -0.15) is 0 Å². The maximum absolute atomic E-state index is 4.62. The molecule has 0 unspecified atom stereocenters. The third-order valence-electron chi connectivity index (χ3n) is 3.62. The Bertz CT molecular complexity index is 412. The van der Waals surface area contributed by atoms with E-state index < -0.39 is 0 Å². The first-order chi connectivity index (χ1) is 8.48. The molecule has 0 spiro atoms. The maximum atomic E-state index is 4.62. The molecule has 1 heterocycles. The summed E-state index contributed by atoms with van der Waals surface area (Å²) in [7, 11) is 0. The minimum absolute atomic E-state index is 0.195. The molecule has 1 fully saturated rings. The Hall–Kier alpha value is -0.640. The first kappa shape index (κ1) is 13.8. The first-order valence-electron chi connectivity index (χ1n) is 6.81. The number of nitrogens with zero attached hydrogens (tertiary/aromatic N) is 2. The van der Waals surface area contributed by atoms with Gasteiger partial charge in [-0.15, -0.1) is 0 Å². The van der Waals surface area contributed by atoms with Gasteiger partial charge >= 0.3 is 0 Å². The van der Waals surface area contributed by atoms with Crippen molar-refractivity contribution in [2.24, 2.45) is 0 Å². The minimum atomic E-state index is 0.195. The largest absolute Gasteiger partial charge is 0.365 e. The molecule has 18 heavy (non-hydrogen) atoms. The van der Waals surface area contributed by atoms with Crippen LogP contribution in [0.5, 0.6) is 0 Å². The molecule has 100 valence electrons. The molecule has 1 aliphatic carbocycles. The van der Waals surface area contributed by atoms with Gasteiger partial charge < -0.3 is 5.32 Å². The second kappa shape index (κ2) is 5.55. The number of anilines is 1. The zero-order chi connectivity index (χ0) is 13.2. The number of rotatable bonds is 3. The summed E-state index contributed by atoms with van der Waals surface area (Å²) >= 11 is 3.47. The molecule has 0 aromatic carbocycles. The standard InChI is InChI=1S/C14H22BrN3/c1-10(2)13-16-11(15)9-12(17-13)18-14(3)7-5-4-6-8-14/h9-10H,4-8H2,1-3H3,(H,16,17,18). The Balaban J connectivity index is 2.17. The average molecular weight is 312 g/mol. The predicted molar refractivity (Wildman–Crippen MR) is 78.9 cm³/mol. The molecule has 0 atom stereocenters. The molecule has 1 aromatic rings. The quantitative estimate of drug-likeness (QED) is 0.835. The summed E-state index contributed by atoms with van der Waals surface area (Å²) in [5.74, 6) is 2.19. The van der Waals surface area contributed by atoms with Gasteiger partial charge in [-0.3, -0.25) is 0 Å². The van der Waals surface area contributed by atoms with Crippen molar-refractivity contribution >= 4 is 21.7 Å². The van der Waals surface area contributed by atoms with E-state index in [1.165, 1.54) is 32.1 Å². The Labute approximate surface area is 118 Å². The fraction of sp³-hybridized carbons (Fsp3) is 0.714. The maximum Gasteiger partial charge on any atom is 0.134 e. The molecular weight excluding hydrogens is 290 g/mol. The van der Waals surface area contributed by atoms with Crippen LogP contribution in [-0.4, -0.2) is 15.5 Å². The van der Waals surface area contributed by atoms with E-state index in [1.807, 2.05) is 6.07 Å². The van der Waals surface area contributed by atoms with Crippen molar-refractivity contribution in [2.75, 3.05) is 5.32 Å². The molecule has 1 aromatic heterocycles. The van der Waals surface area contributed by atoms with Crippen LogP contribution >= 0.6 is 15.9 Å². The lowest BCUT2D eigenvalue weighted by molar-refractivity contribution is 0.348. The lowest BCUT2D eigenvalue weighted by atomic mass is 9.83. The fourth-order valence-corrected chi connectivity index (χ4v) is 2.92. The van der Waals surface area contributed by atoms with Crippen LogP contribution in [-0.2, 0) is 0 Å². The minimum Gasteiger partial charge on any atom is -0.365 e. The van der Waals surface area contributed by atoms with Gasteiger partial charge in [0.1, 0.15) is 16.2 Å². The van der Waals surface area contributed by atoms with Gasteiger partial charge in [-0.05, 0) is 35.7 Å². The normalized spacial score (nSPS) is 18.9. The molecule has 4 heteroatoms. The molecule has 0 saturated heterocycles. The monoisotopic (exact) mass is 311 g/mol. The summed E-state index contributed by atoms with van der Waals surface area (Å²) < 4.78 is 0.864. The Kier molecular flexibility index (Phi) is 4.25. The van der Waals surface area contributed by atoms with Crippen LogP contribution < -0.4 is 5.32 Å². The Morgan fingerprint density at radius 1 is 1.22 bits per heavy atom. The molecule has 2 rings (SSSR count). The summed E-state index contributed by atoms with van der Waals surface area (Å²) in [5, 5.41) is 3.61. The number of aromatic nitrogens is 2. The van der Waals surface area contributed by atoms with Crippen molar-refractivity contribution in [3.8, 4) is 0 Å². The van der Waals surface area contributed by atoms with Crippen LogP contribution in [0.4, 0.5) is 5.82 Å². The summed E-state index contributed by atoms with van der Waals surface area (Å²) in [6.45, 7) is 6.54. The lowest BCUT2D eigenvalue weighted by Gasteiger charge is -2.35. The second-order valence-electron chi connectivity index (χ2n) is 5.84. The summed E-state index contributed by atoms with van der Waals surface area (Å²) in [6.07, 6.45) is 6.44. The third kappa shape index (κ3) is 3.44. The van der Waals surface area contributed by atoms with Gasteiger partial charge in [-0.1, -0.05) is 33.1 Å². The zero-order valence-electron chi connectivity index (χ0n) is 11.5. The van der Waals surface area contributed by atoms with E-state index in [-0.39, 0.29) is 5.54 Å². The highest BCUT2D eigenvalue weighted by atomic mass is 79.9. The molecule has 0 bridgehead atoms. The van der Waals surface area contributed by atoms with E-state index in [0.29, 0.717) is 5.92 Å².